The number of nitrogens with zero attached hydrogens (tertiary/aromatic N) is 3. The molecular weight excluding hydrogens is 236 g/mol. The summed E-state index contributed by atoms with van der Waals surface area (Å²) in [5.41, 5.74) is 10.5. The number of hydrogen-bond donors (Lipinski definition) is 1. The summed E-state index contributed by atoms with van der Waals surface area (Å²) in [6, 6.07) is 2.17. The molecular formula is C15H28N4. The molecule has 4 heteroatoms. The van der Waals surface area contributed by atoms with Crippen LogP contribution in [0, 0.1) is 13.8 Å². The van der Waals surface area contributed by atoms with Crippen molar-refractivity contribution in [3.05, 3.63) is 23.0 Å². The SMILES string of the molecule is CCCN(CCN(C)C)c1cc(C)nc(C)c1CN. The van der Waals surface area contributed by atoms with E-state index in [0.29, 0.717) is 6.54 Å². The van der Waals surface area contributed by atoms with Crippen LogP contribution in [0.5, 0.6) is 0 Å². The summed E-state index contributed by atoms with van der Waals surface area (Å²) in [5, 5.41) is 0. The molecule has 0 aromatic carbocycles. The Labute approximate surface area is 117 Å². The number of likely N-dealkylation sites (N-methyl/N-ethyl adjacent to an activating group) is 1. The molecule has 1 aromatic heterocycles. The van der Waals surface area contributed by atoms with Gasteiger partial charge >= 0.3 is 0 Å². The third-order valence-corrected chi connectivity index (χ3v) is 3.29. The molecule has 0 spiro atoms. The van der Waals surface area contributed by atoms with Gasteiger partial charge in [-0.2, -0.15) is 0 Å². The zero-order valence-electron chi connectivity index (χ0n) is 13.0. The van der Waals surface area contributed by atoms with E-state index in [4.69, 9.17) is 5.73 Å². The van der Waals surface area contributed by atoms with Crippen LogP contribution in [0.3, 0.4) is 0 Å². The lowest BCUT2D eigenvalue weighted by Crippen LogP contribution is -2.33. The second kappa shape index (κ2) is 7.46. The Bertz CT molecular complexity index is 401. The van der Waals surface area contributed by atoms with Crippen molar-refractivity contribution in [2.24, 2.45) is 5.73 Å². The molecule has 1 heterocycles. The van der Waals surface area contributed by atoms with Crippen LogP contribution >= 0.6 is 0 Å². The Morgan fingerprint density at radius 3 is 2.37 bits per heavy atom. The van der Waals surface area contributed by atoms with Gasteiger partial charge in [-0.3, -0.25) is 4.98 Å². The fourth-order valence-corrected chi connectivity index (χ4v) is 2.31. The van der Waals surface area contributed by atoms with E-state index < -0.39 is 0 Å². The third-order valence-electron chi connectivity index (χ3n) is 3.29. The standard InChI is InChI=1S/C15H28N4/c1-6-7-19(9-8-18(4)5)15-10-12(2)17-13(3)14(15)11-16/h10H,6-9,11,16H2,1-5H3. The number of nitrogens with two attached hydrogens (primary N) is 1. The molecule has 4 nitrogen and oxygen atoms in total. The van der Waals surface area contributed by atoms with Crippen molar-refractivity contribution in [1.29, 1.82) is 0 Å². The van der Waals surface area contributed by atoms with Crippen molar-refractivity contribution in [3.8, 4) is 0 Å². The predicted molar refractivity (Wildman–Crippen MR) is 82.7 cm³/mol. The molecule has 0 unspecified atom stereocenters. The lowest BCUT2D eigenvalue weighted by Gasteiger charge is -2.28. The van der Waals surface area contributed by atoms with Gasteiger partial charge in [0.05, 0.1) is 0 Å². The van der Waals surface area contributed by atoms with Gasteiger partial charge in [-0.1, -0.05) is 6.92 Å². The molecule has 0 aliphatic carbocycles. The molecule has 0 saturated heterocycles. The Morgan fingerprint density at radius 1 is 1.16 bits per heavy atom. The summed E-state index contributed by atoms with van der Waals surface area (Å²) in [7, 11) is 4.22. The first-order valence-corrected chi connectivity index (χ1v) is 7.06. The molecule has 0 bridgehead atoms. The van der Waals surface area contributed by atoms with Gasteiger partial charge in [0.2, 0.25) is 0 Å². The van der Waals surface area contributed by atoms with Gasteiger partial charge in [0.15, 0.2) is 0 Å². The Hall–Kier alpha value is -1.13. The second-order valence-corrected chi connectivity index (χ2v) is 5.34. The molecule has 0 radical (unpaired) electrons. The Balaban J connectivity index is 3.06. The number of hydrogen-bond acceptors (Lipinski definition) is 4. The number of aryl methyl sites for hydroxylation is 2. The summed E-state index contributed by atoms with van der Waals surface area (Å²) in [4.78, 5) is 9.17. The Kier molecular flexibility index (Phi) is 6.25. The minimum atomic E-state index is 0.552. The molecule has 19 heavy (non-hydrogen) atoms. The van der Waals surface area contributed by atoms with Crippen molar-refractivity contribution >= 4 is 5.69 Å². The first-order valence-electron chi connectivity index (χ1n) is 7.06. The van der Waals surface area contributed by atoms with Gasteiger partial charge in [-0.05, 0) is 40.4 Å². The average Bonchev–Trinajstić information content (AvgIpc) is 2.33. The van der Waals surface area contributed by atoms with Crippen molar-refractivity contribution in [2.45, 2.75) is 33.7 Å². The predicted octanol–water partition coefficient (Wildman–Crippen LogP) is 1.94. The van der Waals surface area contributed by atoms with Crippen molar-refractivity contribution < 1.29 is 0 Å². The summed E-state index contributed by atoms with van der Waals surface area (Å²) in [6.45, 7) is 9.99. The first kappa shape index (κ1) is 15.9. The van der Waals surface area contributed by atoms with Crippen molar-refractivity contribution in [3.63, 3.8) is 0 Å². The topological polar surface area (TPSA) is 45.4 Å². The Morgan fingerprint density at radius 2 is 1.84 bits per heavy atom. The number of rotatable bonds is 7. The van der Waals surface area contributed by atoms with E-state index in [1.807, 2.05) is 6.92 Å². The lowest BCUT2D eigenvalue weighted by atomic mass is 10.1. The molecule has 108 valence electrons. The fourth-order valence-electron chi connectivity index (χ4n) is 2.31. The van der Waals surface area contributed by atoms with Crippen molar-refractivity contribution in [2.75, 3.05) is 38.6 Å². The fraction of sp³-hybridized carbons (Fsp3) is 0.667. The van der Waals surface area contributed by atoms with Gasteiger partial charge in [0.1, 0.15) is 0 Å². The molecule has 0 amide bonds. The monoisotopic (exact) mass is 264 g/mol. The zero-order chi connectivity index (χ0) is 14.4. The van der Waals surface area contributed by atoms with E-state index in [0.717, 1.165) is 37.4 Å². The van der Waals surface area contributed by atoms with E-state index >= 15 is 0 Å². The maximum absolute atomic E-state index is 5.91. The van der Waals surface area contributed by atoms with Crippen LogP contribution in [0.4, 0.5) is 5.69 Å². The molecule has 1 rings (SSSR count). The molecule has 0 aliphatic rings. The van der Waals surface area contributed by atoms with Crippen LogP contribution in [-0.4, -0.2) is 43.6 Å². The lowest BCUT2D eigenvalue weighted by molar-refractivity contribution is 0.412. The highest BCUT2D eigenvalue weighted by Crippen LogP contribution is 2.23. The van der Waals surface area contributed by atoms with Gasteiger partial charge in [-0.15, -0.1) is 0 Å². The van der Waals surface area contributed by atoms with Crippen molar-refractivity contribution in [1.82, 2.24) is 9.88 Å². The van der Waals surface area contributed by atoms with E-state index in [9.17, 15) is 0 Å². The van der Waals surface area contributed by atoms with Crippen LogP contribution in [0.15, 0.2) is 6.07 Å². The van der Waals surface area contributed by atoms with Crippen LogP contribution in [0.1, 0.15) is 30.3 Å². The molecule has 0 atom stereocenters. The summed E-state index contributed by atoms with van der Waals surface area (Å²) >= 11 is 0. The van der Waals surface area contributed by atoms with Gasteiger partial charge < -0.3 is 15.5 Å². The minimum absolute atomic E-state index is 0.552. The van der Waals surface area contributed by atoms with Crippen LogP contribution in [0.25, 0.3) is 0 Å². The van der Waals surface area contributed by atoms with E-state index in [2.05, 4.69) is 48.8 Å². The highest BCUT2D eigenvalue weighted by molar-refractivity contribution is 5.56. The average molecular weight is 264 g/mol. The number of pyridine rings is 1. The zero-order valence-corrected chi connectivity index (χ0v) is 13.0. The van der Waals surface area contributed by atoms with Gasteiger partial charge in [0, 0.05) is 48.8 Å². The molecule has 1 aromatic rings. The second-order valence-electron chi connectivity index (χ2n) is 5.34. The van der Waals surface area contributed by atoms with Gasteiger partial charge in [-0.25, -0.2) is 0 Å². The quantitative estimate of drug-likeness (QED) is 0.817. The summed E-state index contributed by atoms with van der Waals surface area (Å²) in [6.07, 6.45) is 1.14. The highest BCUT2D eigenvalue weighted by atomic mass is 15.2. The minimum Gasteiger partial charge on any atom is -0.370 e. The molecule has 0 saturated carbocycles. The summed E-state index contributed by atoms with van der Waals surface area (Å²) in [5.74, 6) is 0. The highest BCUT2D eigenvalue weighted by Gasteiger charge is 2.13. The smallest absolute Gasteiger partial charge is 0.0448 e. The maximum atomic E-state index is 5.91. The van der Waals surface area contributed by atoms with Gasteiger partial charge in [0.25, 0.3) is 0 Å². The van der Waals surface area contributed by atoms with Crippen LogP contribution < -0.4 is 10.6 Å². The summed E-state index contributed by atoms with van der Waals surface area (Å²) < 4.78 is 0. The van der Waals surface area contributed by atoms with E-state index in [1.54, 1.807) is 0 Å². The molecule has 2 N–H and O–H groups in total. The molecule has 0 fully saturated rings. The number of aromatic nitrogens is 1. The maximum Gasteiger partial charge on any atom is 0.0448 e. The number of anilines is 1. The first-order chi connectivity index (χ1) is 8.99. The molecule has 0 aliphatic heterocycles. The van der Waals surface area contributed by atoms with E-state index in [-0.39, 0.29) is 0 Å². The largest absolute Gasteiger partial charge is 0.370 e. The van der Waals surface area contributed by atoms with Crippen LogP contribution in [-0.2, 0) is 6.54 Å². The third kappa shape index (κ3) is 4.48. The van der Waals surface area contributed by atoms with Crippen LogP contribution in [0.2, 0.25) is 0 Å². The normalized spacial score (nSPS) is 11.1. The van der Waals surface area contributed by atoms with E-state index in [1.165, 1.54) is 11.3 Å².